The molecule has 2 aromatic carbocycles. The number of hydrogen-bond acceptors (Lipinski definition) is 6. The zero-order valence-corrected chi connectivity index (χ0v) is 19.6. The number of carbonyl (C=O) groups excluding carboxylic acids is 1. The number of nitrogens with zero attached hydrogens (tertiary/aromatic N) is 3. The Morgan fingerprint density at radius 2 is 1.71 bits per heavy atom. The van der Waals surface area contributed by atoms with E-state index in [-0.39, 0.29) is 10.5 Å². The molecule has 2 saturated heterocycles. The maximum Gasteiger partial charge on any atom is 0.254 e. The van der Waals surface area contributed by atoms with E-state index in [0.717, 1.165) is 19.3 Å². The average Bonchev–Trinajstić information content (AvgIpc) is 2.88. The van der Waals surface area contributed by atoms with E-state index in [4.69, 9.17) is 4.74 Å². The number of nitriles is 1. The van der Waals surface area contributed by atoms with Crippen molar-refractivity contribution in [2.75, 3.05) is 44.3 Å². The summed E-state index contributed by atoms with van der Waals surface area (Å²) in [5, 5.41) is 12.3. The van der Waals surface area contributed by atoms with Crippen LogP contribution in [-0.2, 0) is 14.8 Å². The van der Waals surface area contributed by atoms with E-state index in [0.29, 0.717) is 50.6 Å². The Kier molecular flexibility index (Phi) is 7.46. The van der Waals surface area contributed by atoms with Crippen molar-refractivity contribution in [3.63, 3.8) is 0 Å². The lowest BCUT2D eigenvalue weighted by atomic mass is 10.1. The van der Waals surface area contributed by atoms with Crippen molar-refractivity contribution < 1.29 is 22.3 Å². The van der Waals surface area contributed by atoms with Gasteiger partial charge in [0.2, 0.25) is 10.0 Å². The summed E-state index contributed by atoms with van der Waals surface area (Å²) in [6.45, 7) is 3.00. The number of halogens is 1. The second-order valence-corrected chi connectivity index (χ2v) is 10.3. The molecule has 1 N–H and O–H groups in total. The first-order chi connectivity index (χ1) is 16.4. The summed E-state index contributed by atoms with van der Waals surface area (Å²) in [5.74, 6) is -1.02. The highest BCUT2D eigenvalue weighted by Crippen LogP contribution is 2.28. The molecule has 1 atom stereocenters. The number of hydrogen-bond donors (Lipinski definition) is 1. The third-order valence-electron chi connectivity index (χ3n) is 6.13. The van der Waals surface area contributed by atoms with Crippen molar-refractivity contribution in [1.82, 2.24) is 9.62 Å². The van der Waals surface area contributed by atoms with Crippen LogP contribution in [0.25, 0.3) is 0 Å². The molecule has 0 radical (unpaired) electrons. The van der Waals surface area contributed by atoms with Crippen LogP contribution in [-0.4, -0.2) is 58.0 Å². The predicted octanol–water partition coefficient (Wildman–Crippen LogP) is 2.83. The van der Waals surface area contributed by atoms with Crippen LogP contribution in [0.3, 0.4) is 0 Å². The van der Waals surface area contributed by atoms with E-state index < -0.39 is 27.8 Å². The Morgan fingerprint density at radius 3 is 2.35 bits per heavy atom. The summed E-state index contributed by atoms with van der Waals surface area (Å²) in [5.41, 5.74) is 1.18. The van der Waals surface area contributed by atoms with Crippen LogP contribution in [0.1, 0.15) is 41.2 Å². The Labute approximate surface area is 199 Å². The molecule has 8 nitrogen and oxygen atoms in total. The quantitative estimate of drug-likeness (QED) is 0.674. The lowest BCUT2D eigenvalue weighted by molar-refractivity contribution is 0.0943. The van der Waals surface area contributed by atoms with Gasteiger partial charge in [0.1, 0.15) is 11.9 Å². The number of carbonyl (C=O) groups is 1. The molecule has 180 valence electrons. The maximum atomic E-state index is 13.4. The van der Waals surface area contributed by atoms with Crippen LogP contribution in [0, 0.1) is 17.1 Å². The lowest BCUT2D eigenvalue weighted by Gasteiger charge is -2.31. The number of rotatable bonds is 6. The fourth-order valence-corrected chi connectivity index (χ4v) is 5.79. The number of morpholine rings is 1. The Hall–Kier alpha value is -3.00. The fraction of sp³-hybridized carbons (Fsp3) is 0.417. The fourth-order valence-electron chi connectivity index (χ4n) is 4.25. The molecule has 0 bridgehead atoms. The second-order valence-electron chi connectivity index (χ2n) is 8.33. The predicted molar refractivity (Wildman–Crippen MR) is 124 cm³/mol. The minimum Gasteiger partial charge on any atom is -0.378 e. The highest BCUT2D eigenvalue weighted by atomic mass is 32.2. The number of sulfonamides is 1. The van der Waals surface area contributed by atoms with Crippen molar-refractivity contribution >= 4 is 21.6 Å². The molecule has 10 heteroatoms. The molecule has 0 spiro atoms. The molecular weight excluding hydrogens is 459 g/mol. The summed E-state index contributed by atoms with van der Waals surface area (Å²) >= 11 is 0. The molecule has 2 heterocycles. The molecule has 0 aromatic heterocycles. The van der Waals surface area contributed by atoms with Gasteiger partial charge in [0.15, 0.2) is 0 Å². The number of amides is 1. The smallest absolute Gasteiger partial charge is 0.254 e. The molecule has 4 rings (SSSR count). The topological polar surface area (TPSA) is 103 Å². The molecule has 1 amide bonds. The van der Waals surface area contributed by atoms with E-state index >= 15 is 0 Å². The molecule has 2 fully saturated rings. The molecular formula is C24H27FN4O4S. The first-order valence-corrected chi connectivity index (χ1v) is 12.8. The van der Waals surface area contributed by atoms with Gasteiger partial charge in [-0.05, 0) is 48.7 Å². The van der Waals surface area contributed by atoms with Crippen molar-refractivity contribution in [3.8, 4) is 6.07 Å². The van der Waals surface area contributed by atoms with Gasteiger partial charge in [-0.1, -0.05) is 18.6 Å². The van der Waals surface area contributed by atoms with Gasteiger partial charge in [-0.25, -0.2) is 12.8 Å². The van der Waals surface area contributed by atoms with Crippen LogP contribution < -0.4 is 10.2 Å². The summed E-state index contributed by atoms with van der Waals surface area (Å²) < 4.78 is 46.7. The monoisotopic (exact) mass is 486 g/mol. The number of ether oxygens (including phenoxy) is 1. The summed E-state index contributed by atoms with van der Waals surface area (Å²) in [7, 11) is -3.75. The van der Waals surface area contributed by atoms with E-state index in [1.165, 1.54) is 40.7 Å². The third-order valence-corrected chi connectivity index (χ3v) is 8.02. The van der Waals surface area contributed by atoms with Gasteiger partial charge >= 0.3 is 0 Å². The first-order valence-electron chi connectivity index (χ1n) is 11.3. The minimum absolute atomic E-state index is 0.0480. The zero-order valence-electron chi connectivity index (χ0n) is 18.7. The van der Waals surface area contributed by atoms with Crippen LogP contribution in [0.5, 0.6) is 0 Å². The molecule has 2 aliphatic heterocycles. The summed E-state index contributed by atoms with van der Waals surface area (Å²) in [6, 6.07) is 10.9. The summed E-state index contributed by atoms with van der Waals surface area (Å²) in [4.78, 5) is 15.4. The molecule has 2 aliphatic rings. The SMILES string of the molecule is N#CC(NC(=O)c1cc(S(=O)(=O)N2CCCCC2)ccc1N1CCOCC1)c1ccc(F)cc1. The normalized spacial score (nSPS) is 18.2. The average molecular weight is 487 g/mol. The number of piperidine rings is 1. The van der Waals surface area contributed by atoms with Gasteiger partial charge in [-0.2, -0.15) is 9.57 Å². The highest BCUT2D eigenvalue weighted by Gasteiger charge is 2.29. The minimum atomic E-state index is -3.75. The largest absolute Gasteiger partial charge is 0.378 e. The number of anilines is 1. The first kappa shape index (κ1) is 24.1. The third kappa shape index (κ3) is 5.22. The van der Waals surface area contributed by atoms with E-state index in [2.05, 4.69) is 5.32 Å². The Bertz CT molecular complexity index is 1170. The van der Waals surface area contributed by atoms with Gasteiger partial charge in [0.25, 0.3) is 5.91 Å². The molecule has 2 aromatic rings. The second kappa shape index (κ2) is 10.5. The molecule has 34 heavy (non-hydrogen) atoms. The summed E-state index contributed by atoms with van der Waals surface area (Å²) in [6.07, 6.45) is 2.61. The van der Waals surface area contributed by atoms with Gasteiger partial charge in [-0.15, -0.1) is 0 Å². The van der Waals surface area contributed by atoms with Gasteiger partial charge in [-0.3, -0.25) is 4.79 Å². The van der Waals surface area contributed by atoms with Crippen LogP contribution in [0.2, 0.25) is 0 Å². The van der Waals surface area contributed by atoms with E-state index in [9.17, 15) is 22.9 Å². The lowest BCUT2D eigenvalue weighted by Crippen LogP contribution is -2.39. The molecule has 0 saturated carbocycles. The Balaban J connectivity index is 1.68. The van der Waals surface area contributed by atoms with E-state index in [1.54, 1.807) is 6.07 Å². The van der Waals surface area contributed by atoms with Crippen molar-refractivity contribution in [2.45, 2.75) is 30.2 Å². The standard InChI is InChI=1S/C24H27FN4O4S/c25-19-6-4-18(5-7-19)22(17-26)27-24(30)21-16-20(34(31,32)29-10-2-1-3-11-29)8-9-23(21)28-12-14-33-15-13-28/h4-9,16,22H,1-3,10-15H2,(H,27,30). The zero-order chi connectivity index (χ0) is 24.1. The Morgan fingerprint density at radius 1 is 1.03 bits per heavy atom. The van der Waals surface area contributed by atoms with Gasteiger partial charge in [0, 0.05) is 31.9 Å². The van der Waals surface area contributed by atoms with Gasteiger partial charge in [0.05, 0.1) is 29.7 Å². The molecule has 1 unspecified atom stereocenters. The van der Waals surface area contributed by atoms with Crippen LogP contribution in [0.15, 0.2) is 47.4 Å². The molecule has 0 aliphatic carbocycles. The number of benzene rings is 2. The van der Waals surface area contributed by atoms with Crippen LogP contribution >= 0.6 is 0 Å². The number of nitrogens with one attached hydrogen (secondary N) is 1. The van der Waals surface area contributed by atoms with E-state index in [1.807, 2.05) is 11.0 Å². The van der Waals surface area contributed by atoms with Crippen molar-refractivity contribution in [1.29, 1.82) is 5.26 Å². The highest BCUT2D eigenvalue weighted by molar-refractivity contribution is 7.89. The van der Waals surface area contributed by atoms with Crippen molar-refractivity contribution in [3.05, 3.63) is 59.4 Å². The van der Waals surface area contributed by atoms with Crippen molar-refractivity contribution in [2.24, 2.45) is 0 Å². The van der Waals surface area contributed by atoms with Gasteiger partial charge < -0.3 is 15.0 Å². The van der Waals surface area contributed by atoms with Crippen LogP contribution in [0.4, 0.5) is 10.1 Å². The maximum absolute atomic E-state index is 13.4.